The Morgan fingerprint density at radius 3 is 1.89 bits per heavy atom. The van der Waals surface area contributed by atoms with Crippen LogP contribution in [0.3, 0.4) is 0 Å². The van der Waals surface area contributed by atoms with Gasteiger partial charge in [-0.3, -0.25) is 4.79 Å². The van der Waals surface area contributed by atoms with Crippen LogP contribution in [0.5, 0.6) is 11.5 Å². The van der Waals surface area contributed by atoms with Gasteiger partial charge in [-0.05, 0) is 53.6 Å². The average molecular weight is 374 g/mol. The first kappa shape index (κ1) is 19.4. The van der Waals surface area contributed by atoms with Crippen LogP contribution >= 0.6 is 0 Å². The Morgan fingerprint density at radius 2 is 1.36 bits per heavy atom. The molecule has 0 aliphatic carbocycles. The maximum atomic E-state index is 13.2. The smallest absolute Gasteiger partial charge is 0.191 e. The zero-order chi connectivity index (χ0) is 19.9. The van der Waals surface area contributed by atoms with E-state index in [-0.39, 0.29) is 5.78 Å². The molecule has 1 atom stereocenters. The number of benzene rings is 3. The summed E-state index contributed by atoms with van der Waals surface area (Å²) in [5.41, 5.74) is 2.23. The summed E-state index contributed by atoms with van der Waals surface area (Å²) >= 11 is 0. The first-order chi connectivity index (χ1) is 13.6. The van der Waals surface area contributed by atoms with Crippen molar-refractivity contribution in [1.82, 2.24) is 0 Å². The number of hydrogen-bond donors (Lipinski definition) is 1. The molecule has 0 saturated heterocycles. The van der Waals surface area contributed by atoms with E-state index >= 15 is 0 Å². The Balaban J connectivity index is 2.00. The van der Waals surface area contributed by atoms with Gasteiger partial charge in [0.05, 0.1) is 14.2 Å². The van der Waals surface area contributed by atoms with Crippen LogP contribution in [0.2, 0.25) is 0 Å². The van der Waals surface area contributed by atoms with Crippen LogP contribution in [0, 0.1) is 0 Å². The number of ketones is 1. The van der Waals surface area contributed by atoms with Crippen LogP contribution in [0.15, 0.2) is 84.4 Å². The van der Waals surface area contributed by atoms with Crippen LogP contribution in [-0.2, 0) is 0 Å². The summed E-state index contributed by atoms with van der Waals surface area (Å²) in [6.45, 7) is 0. The van der Waals surface area contributed by atoms with Crippen molar-refractivity contribution in [2.24, 2.45) is 0 Å². The third kappa shape index (κ3) is 4.48. The molecule has 0 bridgehead atoms. The molecule has 0 heterocycles. The number of carbonyl (C=O) groups is 1. The molecule has 1 unspecified atom stereocenters. The molecule has 0 fully saturated rings. The minimum absolute atomic E-state index is 0.241. The van der Waals surface area contributed by atoms with Crippen molar-refractivity contribution in [3.05, 3.63) is 101 Å². The fourth-order valence-corrected chi connectivity index (χ4v) is 2.87. The van der Waals surface area contributed by atoms with E-state index in [1.807, 2.05) is 30.3 Å². The Labute approximate surface area is 164 Å². The van der Waals surface area contributed by atoms with Crippen LogP contribution in [-0.4, -0.2) is 25.1 Å². The third-order valence-corrected chi connectivity index (χ3v) is 4.46. The SMILES string of the molecule is COc1ccc(C(=O)/C(=C\c2ccccc2)C(O)c2ccc(OC)cc2)cc1. The van der Waals surface area contributed by atoms with Crippen molar-refractivity contribution in [2.45, 2.75) is 6.10 Å². The van der Waals surface area contributed by atoms with Crippen LogP contribution in [0.25, 0.3) is 6.08 Å². The van der Waals surface area contributed by atoms with Gasteiger partial charge in [-0.1, -0.05) is 42.5 Å². The lowest BCUT2D eigenvalue weighted by Crippen LogP contribution is -2.12. The molecule has 4 nitrogen and oxygen atoms in total. The highest BCUT2D eigenvalue weighted by atomic mass is 16.5. The Hall–Kier alpha value is -3.37. The molecule has 0 amide bonds. The molecule has 1 N–H and O–H groups in total. The fraction of sp³-hybridized carbons (Fsp3) is 0.125. The standard InChI is InChI=1S/C24H22O4/c1-27-20-12-8-18(9-13-20)23(25)22(16-17-6-4-3-5-7-17)24(26)19-10-14-21(28-2)15-11-19/h3-16,23,25H,1-2H3/b22-16-. The van der Waals surface area contributed by atoms with Gasteiger partial charge in [0.1, 0.15) is 17.6 Å². The summed E-state index contributed by atoms with van der Waals surface area (Å²) in [7, 11) is 3.16. The molecule has 0 radical (unpaired) electrons. The molecule has 4 heteroatoms. The number of Topliss-reactive ketones (excluding diaryl/α,β-unsaturated/α-hetero) is 1. The summed E-state index contributed by atoms with van der Waals surface area (Å²) in [6, 6.07) is 23.3. The van der Waals surface area contributed by atoms with Gasteiger partial charge in [0.25, 0.3) is 0 Å². The number of aliphatic hydroxyl groups excluding tert-OH is 1. The number of ether oxygens (including phenoxy) is 2. The van der Waals surface area contributed by atoms with Gasteiger partial charge in [0.2, 0.25) is 0 Å². The lowest BCUT2D eigenvalue weighted by Gasteiger charge is -2.16. The third-order valence-electron chi connectivity index (χ3n) is 4.46. The lowest BCUT2D eigenvalue weighted by atomic mass is 9.92. The predicted octanol–water partition coefficient (Wildman–Crippen LogP) is 4.70. The zero-order valence-electron chi connectivity index (χ0n) is 15.8. The molecule has 3 rings (SSSR count). The Bertz CT molecular complexity index is 942. The molecule has 3 aromatic carbocycles. The summed E-state index contributed by atoms with van der Waals surface area (Å²) in [5, 5.41) is 11.0. The minimum atomic E-state index is -1.07. The predicted molar refractivity (Wildman–Crippen MR) is 110 cm³/mol. The van der Waals surface area contributed by atoms with Crippen molar-refractivity contribution in [1.29, 1.82) is 0 Å². The van der Waals surface area contributed by atoms with Gasteiger partial charge >= 0.3 is 0 Å². The number of carbonyl (C=O) groups excluding carboxylic acids is 1. The van der Waals surface area contributed by atoms with E-state index in [1.54, 1.807) is 68.8 Å². The molecule has 0 saturated carbocycles. The van der Waals surface area contributed by atoms with Crippen LogP contribution < -0.4 is 9.47 Å². The normalized spacial score (nSPS) is 12.3. The molecule has 0 spiro atoms. The van der Waals surface area contributed by atoms with Crippen molar-refractivity contribution in [3.63, 3.8) is 0 Å². The van der Waals surface area contributed by atoms with Crippen LogP contribution in [0.1, 0.15) is 27.6 Å². The van der Waals surface area contributed by atoms with Gasteiger partial charge in [-0.25, -0.2) is 0 Å². The second-order valence-electron chi connectivity index (χ2n) is 6.24. The van der Waals surface area contributed by atoms with E-state index in [0.29, 0.717) is 28.2 Å². The molecule has 28 heavy (non-hydrogen) atoms. The molecule has 0 aliphatic heterocycles. The number of rotatable bonds is 7. The largest absolute Gasteiger partial charge is 0.497 e. The van der Waals surface area contributed by atoms with Crippen LogP contribution in [0.4, 0.5) is 0 Å². The van der Waals surface area contributed by atoms with Gasteiger partial charge < -0.3 is 14.6 Å². The number of methoxy groups -OCH3 is 2. The first-order valence-corrected chi connectivity index (χ1v) is 8.90. The number of hydrogen-bond acceptors (Lipinski definition) is 4. The van der Waals surface area contributed by atoms with Gasteiger partial charge in [0, 0.05) is 11.1 Å². The molecular weight excluding hydrogens is 352 g/mol. The van der Waals surface area contributed by atoms with Gasteiger partial charge in [0.15, 0.2) is 5.78 Å². The maximum absolute atomic E-state index is 13.2. The number of aliphatic hydroxyl groups is 1. The molecule has 0 aromatic heterocycles. The molecule has 0 aliphatic rings. The van der Waals surface area contributed by atoms with Gasteiger partial charge in [-0.2, -0.15) is 0 Å². The van der Waals surface area contributed by atoms with Crippen molar-refractivity contribution >= 4 is 11.9 Å². The van der Waals surface area contributed by atoms with E-state index < -0.39 is 6.10 Å². The van der Waals surface area contributed by atoms with Gasteiger partial charge in [-0.15, -0.1) is 0 Å². The minimum Gasteiger partial charge on any atom is -0.497 e. The fourth-order valence-electron chi connectivity index (χ4n) is 2.87. The van der Waals surface area contributed by atoms with E-state index in [1.165, 1.54) is 0 Å². The summed E-state index contributed by atoms with van der Waals surface area (Å²) in [4.78, 5) is 13.2. The van der Waals surface area contributed by atoms with E-state index in [4.69, 9.17) is 9.47 Å². The highest BCUT2D eigenvalue weighted by Gasteiger charge is 2.22. The topological polar surface area (TPSA) is 55.8 Å². The molecule has 3 aromatic rings. The molecule has 142 valence electrons. The lowest BCUT2D eigenvalue weighted by molar-refractivity contribution is 0.0989. The second-order valence-corrected chi connectivity index (χ2v) is 6.24. The quantitative estimate of drug-likeness (QED) is 0.481. The van der Waals surface area contributed by atoms with E-state index in [2.05, 4.69) is 0 Å². The maximum Gasteiger partial charge on any atom is 0.191 e. The van der Waals surface area contributed by atoms with Crippen molar-refractivity contribution in [3.8, 4) is 11.5 Å². The summed E-state index contributed by atoms with van der Waals surface area (Å²) in [6.07, 6.45) is 0.655. The Morgan fingerprint density at radius 1 is 0.821 bits per heavy atom. The van der Waals surface area contributed by atoms with Crippen molar-refractivity contribution < 1.29 is 19.4 Å². The van der Waals surface area contributed by atoms with Crippen molar-refractivity contribution in [2.75, 3.05) is 14.2 Å². The monoisotopic (exact) mass is 374 g/mol. The zero-order valence-corrected chi connectivity index (χ0v) is 15.8. The summed E-state index contributed by atoms with van der Waals surface area (Å²) in [5.74, 6) is 1.11. The van der Waals surface area contributed by atoms with E-state index in [0.717, 1.165) is 5.56 Å². The highest BCUT2D eigenvalue weighted by molar-refractivity contribution is 6.12. The van der Waals surface area contributed by atoms with E-state index in [9.17, 15) is 9.90 Å². The average Bonchev–Trinajstić information content (AvgIpc) is 2.77. The highest BCUT2D eigenvalue weighted by Crippen LogP contribution is 2.28. The molecular formula is C24H22O4. The Kier molecular flexibility index (Phi) is 6.25. The second kappa shape index (κ2) is 9.02. The first-order valence-electron chi connectivity index (χ1n) is 8.90. The summed E-state index contributed by atoms with van der Waals surface area (Å²) < 4.78 is 10.3.